The average Bonchev–Trinajstić information content (AvgIpc) is 3.46. The fourth-order valence-electron chi connectivity index (χ4n) is 3.99. The lowest BCUT2D eigenvalue weighted by Crippen LogP contribution is -2.55. The van der Waals surface area contributed by atoms with Gasteiger partial charge in [0, 0.05) is 57.9 Å². The maximum absolute atomic E-state index is 13.1. The molecule has 2 aliphatic rings. The quantitative estimate of drug-likeness (QED) is 0.790. The zero-order valence-corrected chi connectivity index (χ0v) is 16.2. The summed E-state index contributed by atoms with van der Waals surface area (Å²) in [5.74, 6) is 0.770. The number of piperazine rings is 1. The summed E-state index contributed by atoms with van der Waals surface area (Å²) in [6, 6.07) is 3.45. The van der Waals surface area contributed by atoms with Gasteiger partial charge < -0.3 is 9.80 Å². The summed E-state index contributed by atoms with van der Waals surface area (Å²) in [5.41, 5.74) is 0.565. The smallest absolute Gasteiger partial charge is 0.257 e. The number of likely N-dealkylation sites (tertiary alicyclic amines) is 1. The van der Waals surface area contributed by atoms with Gasteiger partial charge in [-0.1, -0.05) is 0 Å². The van der Waals surface area contributed by atoms with E-state index in [0.717, 1.165) is 25.9 Å². The molecule has 0 N–H and O–H groups in total. The van der Waals surface area contributed by atoms with Crippen LogP contribution in [-0.4, -0.2) is 86.4 Å². The molecule has 8 nitrogen and oxygen atoms in total. The number of carbonyl (C=O) groups is 2. The summed E-state index contributed by atoms with van der Waals surface area (Å²) in [6.07, 6.45) is 8.97. The topological polar surface area (TPSA) is 74.6 Å². The molecule has 4 heterocycles. The number of imidazole rings is 1. The largest absolute Gasteiger partial charge is 0.341 e. The van der Waals surface area contributed by atoms with Crippen molar-refractivity contribution < 1.29 is 9.59 Å². The van der Waals surface area contributed by atoms with E-state index in [-0.39, 0.29) is 17.9 Å². The lowest BCUT2D eigenvalue weighted by Gasteiger charge is -2.38. The van der Waals surface area contributed by atoms with Gasteiger partial charge in [0.05, 0.1) is 11.6 Å². The summed E-state index contributed by atoms with van der Waals surface area (Å²) in [5, 5.41) is 0. The second kappa shape index (κ2) is 8.10. The van der Waals surface area contributed by atoms with E-state index in [9.17, 15) is 9.59 Å². The Balaban J connectivity index is 1.40. The molecule has 2 aromatic heterocycles. The van der Waals surface area contributed by atoms with Crippen molar-refractivity contribution in [2.75, 3.05) is 39.3 Å². The third-order valence-corrected chi connectivity index (χ3v) is 5.69. The van der Waals surface area contributed by atoms with Crippen molar-refractivity contribution in [1.82, 2.24) is 29.2 Å². The van der Waals surface area contributed by atoms with Gasteiger partial charge in [0.1, 0.15) is 6.33 Å². The Morgan fingerprint density at radius 1 is 1.00 bits per heavy atom. The van der Waals surface area contributed by atoms with Gasteiger partial charge in [-0.3, -0.25) is 19.1 Å². The lowest BCUT2D eigenvalue weighted by molar-refractivity contribution is -0.135. The van der Waals surface area contributed by atoms with Gasteiger partial charge in [-0.25, -0.2) is 9.97 Å². The molecular formula is C20H26N6O2. The highest BCUT2D eigenvalue weighted by Crippen LogP contribution is 2.17. The molecule has 0 radical (unpaired) electrons. The second-order valence-electron chi connectivity index (χ2n) is 7.38. The predicted octanol–water partition coefficient (Wildman–Crippen LogP) is 1.04. The Kier molecular flexibility index (Phi) is 5.38. The highest BCUT2D eigenvalue weighted by atomic mass is 16.2. The first kappa shape index (κ1) is 18.6. The van der Waals surface area contributed by atoms with Gasteiger partial charge in [0.2, 0.25) is 5.91 Å². The molecular weight excluding hydrogens is 356 g/mol. The van der Waals surface area contributed by atoms with Crippen LogP contribution in [0.25, 0.3) is 5.82 Å². The van der Waals surface area contributed by atoms with E-state index in [0.29, 0.717) is 37.6 Å². The predicted molar refractivity (Wildman–Crippen MR) is 104 cm³/mol. The van der Waals surface area contributed by atoms with Crippen LogP contribution in [0.3, 0.4) is 0 Å². The Labute approximate surface area is 164 Å². The molecule has 2 aliphatic heterocycles. The van der Waals surface area contributed by atoms with E-state index in [4.69, 9.17) is 0 Å². The summed E-state index contributed by atoms with van der Waals surface area (Å²) >= 11 is 0. The van der Waals surface area contributed by atoms with Crippen LogP contribution in [0.4, 0.5) is 0 Å². The van der Waals surface area contributed by atoms with Gasteiger partial charge in [0.15, 0.2) is 5.82 Å². The monoisotopic (exact) mass is 382 g/mol. The first-order valence-corrected chi connectivity index (χ1v) is 9.90. The summed E-state index contributed by atoms with van der Waals surface area (Å²) in [7, 11) is 0. The van der Waals surface area contributed by atoms with Crippen molar-refractivity contribution in [1.29, 1.82) is 0 Å². The maximum atomic E-state index is 13.1. The molecule has 0 bridgehead atoms. The van der Waals surface area contributed by atoms with Crippen molar-refractivity contribution in [3.05, 3.63) is 42.6 Å². The number of hydrogen-bond acceptors (Lipinski definition) is 5. The molecule has 2 fully saturated rings. The summed E-state index contributed by atoms with van der Waals surface area (Å²) in [4.78, 5) is 40.1. The highest BCUT2D eigenvalue weighted by Gasteiger charge is 2.31. The molecule has 1 atom stereocenters. The third kappa shape index (κ3) is 3.64. The fourth-order valence-corrected chi connectivity index (χ4v) is 3.99. The van der Waals surface area contributed by atoms with E-state index < -0.39 is 0 Å². The molecule has 8 heteroatoms. The van der Waals surface area contributed by atoms with Crippen LogP contribution in [0.5, 0.6) is 0 Å². The van der Waals surface area contributed by atoms with Crippen LogP contribution in [0.2, 0.25) is 0 Å². The third-order valence-electron chi connectivity index (χ3n) is 5.69. The molecule has 0 aliphatic carbocycles. The van der Waals surface area contributed by atoms with Crippen LogP contribution in [-0.2, 0) is 4.79 Å². The standard InChI is InChI=1S/C20H26N6O2/c1-16(19(27)24-8-2-3-9-24)23-11-13-25(14-12-23)20(28)17-5-4-6-22-18(17)26-10-7-21-15-26/h4-7,10,15-16H,2-3,8-9,11-14H2,1H3. The average molecular weight is 382 g/mol. The minimum atomic E-state index is -0.129. The van der Waals surface area contributed by atoms with Crippen LogP contribution >= 0.6 is 0 Å². The molecule has 2 aromatic rings. The molecule has 28 heavy (non-hydrogen) atoms. The minimum Gasteiger partial charge on any atom is -0.341 e. The normalized spacial score (nSPS) is 19.0. The maximum Gasteiger partial charge on any atom is 0.257 e. The van der Waals surface area contributed by atoms with Gasteiger partial charge in [0.25, 0.3) is 5.91 Å². The number of hydrogen-bond donors (Lipinski definition) is 0. The number of rotatable bonds is 4. The van der Waals surface area contributed by atoms with E-state index in [1.165, 1.54) is 0 Å². The SMILES string of the molecule is CC(C(=O)N1CCCC1)N1CCN(C(=O)c2cccnc2-n2ccnc2)CC1. The second-order valence-corrected chi connectivity index (χ2v) is 7.38. The van der Waals surface area contributed by atoms with Crippen LogP contribution in [0, 0.1) is 0 Å². The van der Waals surface area contributed by atoms with Gasteiger partial charge in [-0.15, -0.1) is 0 Å². The molecule has 4 rings (SSSR count). The van der Waals surface area contributed by atoms with Gasteiger partial charge in [-0.2, -0.15) is 0 Å². The van der Waals surface area contributed by atoms with Crippen LogP contribution < -0.4 is 0 Å². The van der Waals surface area contributed by atoms with Crippen molar-refractivity contribution in [2.24, 2.45) is 0 Å². The first-order valence-electron chi connectivity index (χ1n) is 9.90. The summed E-state index contributed by atoms with van der Waals surface area (Å²) in [6.45, 7) is 6.35. The van der Waals surface area contributed by atoms with Gasteiger partial charge >= 0.3 is 0 Å². The van der Waals surface area contributed by atoms with E-state index in [1.54, 1.807) is 41.6 Å². The van der Waals surface area contributed by atoms with Gasteiger partial charge in [-0.05, 0) is 31.9 Å². The Morgan fingerprint density at radius 2 is 1.75 bits per heavy atom. The number of aromatic nitrogens is 3. The van der Waals surface area contributed by atoms with Crippen molar-refractivity contribution in [3.8, 4) is 5.82 Å². The van der Waals surface area contributed by atoms with Crippen molar-refractivity contribution in [2.45, 2.75) is 25.8 Å². The summed E-state index contributed by atoms with van der Waals surface area (Å²) < 4.78 is 1.75. The Bertz CT molecular complexity index is 823. The number of carbonyl (C=O) groups excluding carboxylic acids is 2. The van der Waals surface area contributed by atoms with E-state index in [1.807, 2.05) is 16.7 Å². The van der Waals surface area contributed by atoms with Crippen molar-refractivity contribution >= 4 is 11.8 Å². The first-order chi connectivity index (χ1) is 13.6. The Hall–Kier alpha value is -2.74. The molecule has 148 valence electrons. The molecule has 2 saturated heterocycles. The molecule has 1 unspecified atom stereocenters. The van der Waals surface area contributed by atoms with E-state index in [2.05, 4.69) is 14.9 Å². The van der Waals surface area contributed by atoms with Crippen LogP contribution in [0.15, 0.2) is 37.1 Å². The molecule has 2 amide bonds. The lowest BCUT2D eigenvalue weighted by atomic mass is 10.1. The molecule has 0 aromatic carbocycles. The fraction of sp³-hybridized carbons (Fsp3) is 0.500. The Morgan fingerprint density at radius 3 is 2.43 bits per heavy atom. The van der Waals surface area contributed by atoms with Crippen molar-refractivity contribution in [3.63, 3.8) is 0 Å². The van der Waals surface area contributed by atoms with E-state index >= 15 is 0 Å². The minimum absolute atomic E-state index is 0.0324. The zero-order chi connectivity index (χ0) is 19.5. The highest BCUT2D eigenvalue weighted by molar-refractivity contribution is 5.97. The number of pyridine rings is 1. The number of amides is 2. The molecule has 0 saturated carbocycles. The van der Waals surface area contributed by atoms with Crippen LogP contribution in [0.1, 0.15) is 30.1 Å². The molecule has 0 spiro atoms. The zero-order valence-electron chi connectivity index (χ0n) is 16.2. The number of nitrogens with zero attached hydrogens (tertiary/aromatic N) is 6.